The number of hydrogen-bond acceptors (Lipinski definition) is 5. The molecule has 0 atom stereocenters. The lowest BCUT2D eigenvalue weighted by atomic mass is 10.7. The van der Waals surface area contributed by atoms with Gasteiger partial charge in [0.2, 0.25) is 0 Å². The van der Waals surface area contributed by atoms with Gasteiger partial charge in [0.25, 0.3) is 0 Å². The summed E-state index contributed by atoms with van der Waals surface area (Å²) >= 11 is 7.50. The number of hydrogen-bond donors (Lipinski definition) is 2. The minimum atomic E-state index is -0.328. The van der Waals surface area contributed by atoms with Crippen LogP contribution in [0.4, 0.5) is 0 Å². The quantitative estimate of drug-likeness (QED) is 0.279. The summed E-state index contributed by atoms with van der Waals surface area (Å²) in [5.74, 6) is 0.130. The number of ether oxygens (including phenoxy) is 2. The summed E-state index contributed by atoms with van der Waals surface area (Å²) in [5, 5.41) is 0. The van der Waals surface area contributed by atoms with Crippen LogP contribution in [-0.2, 0) is 14.3 Å². The molecule has 0 aliphatic heterocycles. The lowest BCUT2D eigenvalue weighted by molar-refractivity contribution is -0.141. The van der Waals surface area contributed by atoms with Gasteiger partial charge in [-0.25, -0.2) is 0 Å². The highest BCUT2D eigenvalue weighted by atomic mass is 32.1. The van der Waals surface area contributed by atoms with Crippen LogP contribution in [0.5, 0.6) is 0 Å². The second kappa shape index (κ2) is 7.24. The molecule has 0 aromatic heterocycles. The number of esters is 1. The summed E-state index contributed by atoms with van der Waals surface area (Å²) in [5.41, 5.74) is 0. The molecule has 10 heavy (non-hydrogen) atoms. The zero-order valence-electron chi connectivity index (χ0n) is 5.45. The molecule has 0 aromatic rings. The average Bonchev–Trinajstić information content (AvgIpc) is 1.98. The van der Waals surface area contributed by atoms with Crippen LogP contribution in [-0.4, -0.2) is 30.9 Å². The first-order chi connectivity index (χ1) is 4.81. The second-order valence-corrected chi connectivity index (χ2v) is 1.99. The molecule has 0 saturated carbocycles. The number of thiol groups is 2. The van der Waals surface area contributed by atoms with Crippen molar-refractivity contribution >= 4 is 31.2 Å². The topological polar surface area (TPSA) is 35.5 Å². The lowest BCUT2D eigenvalue weighted by Crippen LogP contribution is -2.10. The van der Waals surface area contributed by atoms with Crippen molar-refractivity contribution in [1.82, 2.24) is 0 Å². The zero-order valence-corrected chi connectivity index (χ0v) is 7.24. The van der Waals surface area contributed by atoms with E-state index in [4.69, 9.17) is 4.74 Å². The Bertz CT molecular complexity index is 96.9. The Labute approximate surface area is 70.9 Å². The van der Waals surface area contributed by atoms with Gasteiger partial charge in [-0.15, -0.1) is 0 Å². The molecule has 3 nitrogen and oxygen atoms in total. The van der Waals surface area contributed by atoms with Gasteiger partial charge >= 0.3 is 5.97 Å². The Kier molecular flexibility index (Phi) is 7.33. The van der Waals surface area contributed by atoms with Crippen molar-refractivity contribution in [1.29, 1.82) is 0 Å². The monoisotopic (exact) mass is 182 g/mol. The van der Waals surface area contributed by atoms with Gasteiger partial charge in [-0.3, -0.25) is 4.79 Å². The third-order valence-corrected chi connectivity index (χ3v) is 1.15. The van der Waals surface area contributed by atoms with Gasteiger partial charge in [0.05, 0.1) is 18.3 Å². The molecule has 0 bridgehead atoms. The predicted molar refractivity (Wildman–Crippen MR) is 44.6 cm³/mol. The summed E-state index contributed by atoms with van der Waals surface area (Å²) in [4.78, 5) is 10.4. The molecular formula is C5H10O3S2. The van der Waals surface area contributed by atoms with E-state index in [0.29, 0.717) is 12.5 Å². The van der Waals surface area contributed by atoms with Gasteiger partial charge in [0.1, 0.15) is 6.61 Å². The molecule has 5 heteroatoms. The van der Waals surface area contributed by atoms with Crippen molar-refractivity contribution in [2.45, 2.75) is 0 Å². The fourth-order valence-corrected chi connectivity index (χ4v) is 0.545. The van der Waals surface area contributed by atoms with Crippen LogP contribution in [0.2, 0.25) is 0 Å². The van der Waals surface area contributed by atoms with Gasteiger partial charge in [0.15, 0.2) is 0 Å². The van der Waals surface area contributed by atoms with E-state index in [1.165, 1.54) is 0 Å². The molecule has 60 valence electrons. The molecule has 0 rings (SSSR count). The van der Waals surface area contributed by atoms with Gasteiger partial charge < -0.3 is 9.47 Å². The summed E-state index contributed by atoms with van der Waals surface area (Å²) in [6.07, 6.45) is 0. The fraction of sp³-hybridized carbons (Fsp3) is 0.800. The summed E-state index contributed by atoms with van der Waals surface area (Å²) in [6, 6.07) is 0. The SMILES string of the molecule is O=C(CS)OCCOCS. The number of rotatable bonds is 5. The summed E-state index contributed by atoms with van der Waals surface area (Å²) in [7, 11) is 0. The number of carbonyl (C=O) groups is 1. The van der Waals surface area contributed by atoms with Crippen molar-refractivity contribution in [3.63, 3.8) is 0 Å². The Morgan fingerprint density at radius 1 is 1.30 bits per heavy atom. The Morgan fingerprint density at radius 3 is 2.50 bits per heavy atom. The first-order valence-electron chi connectivity index (χ1n) is 2.76. The van der Waals surface area contributed by atoms with E-state index >= 15 is 0 Å². The Morgan fingerprint density at radius 2 is 2.00 bits per heavy atom. The van der Waals surface area contributed by atoms with Gasteiger partial charge in [-0.05, 0) is 0 Å². The maximum Gasteiger partial charge on any atom is 0.315 e. The van der Waals surface area contributed by atoms with Crippen molar-refractivity contribution < 1.29 is 14.3 Å². The van der Waals surface area contributed by atoms with Gasteiger partial charge in [-0.1, -0.05) is 0 Å². The minimum absolute atomic E-state index is 0.112. The smallest absolute Gasteiger partial charge is 0.315 e. The maximum absolute atomic E-state index is 10.4. The molecule has 0 fully saturated rings. The molecule has 0 radical (unpaired) electrons. The molecule has 0 heterocycles. The van der Waals surface area contributed by atoms with E-state index in [2.05, 4.69) is 30.0 Å². The Balaban J connectivity index is 2.96. The van der Waals surface area contributed by atoms with E-state index in [-0.39, 0.29) is 18.3 Å². The first kappa shape index (κ1) is 10.1. The van der Waals surface area contributed by atoms with E-state index in [1.54, 1.807) is 0 Å². The van der Waals surface area contributed by atoms with Crippen LogP contribution >= 0.6 is 25.3 Å². The Hall–Kier alpha value is 0.130. The molecule has 0 N–H and O–H groups in total. The average molecular weight is 182 g/mol. The summed E-state index contributed by atoms with van der Waals surface area (Å²) < 4.78 is 9.41. The largest absolute Gasteiger partial charge is 0.463 e. The highest BCUT2D eigenvalue weighted by Gasteiger charge is 1.96. The zero-order chi connectivity index (χ0) is 7.82. The van der Waals surface area contributed by atoms with Crippen LogP contribution in [0.1, 0.15) is 0 Å². The fourth-order valence-electron chi connectivity index (χ4n) is 0.325. The van der Waals surface area contributed by atoms with E-state index in [0.717, 1.165) is 0 Å². The molecule has 0 spiro atoms. The van der Waals surface area contributed by atoms with E-state index in [1.807, 2.05) is 0 Å². The highest BCUT2D eigenvalue weighted by molar-refractivity contribution is 7.81. The summed E-state index contributed by atoms with van der Waals surface area (Å²) in [6.45, 7) is 0.670. The predicted octanol–water partition coefficient (Wildman–Crippen LogP) is 0.363. The van der Waals surface area contributed by atoms with Crippen molar-refractivity contribution in [2.24, 2.45) is 0 Å². The van der Waals surface area contributed by atoms with Crippen molar-refractivity contribution in [2.75, 3.05) is 24.9 Å². The van der Waals surface area contributed by atoms with Crippen LogP contribution < -0.4 is 0 Å². The normalized spacial score (nSPS) is 9.40. The minimum Gasteiger partial charge on any atom is -0.463 e. The molecule has 0 saturated heterocycles. The van der Waals surface area contributed by atoms with Gasteiger partial charge in [0, 0.05) is 0 Å². The van der Waals surface area contributed by atoms with Crippen molar-refractivity contribution in [3.8, 4) is 0 Å². The lowest BCUT2D eigenvalue weighted by Gasteiger charge is -2.01. The van der Waals surface area contributed by atoms with Crippen molar-refractivity contribution in [3.05, 3.63) is 0 Å². The molecular weight excluding hydrogens is 172 g/mol. The highest BCUT2D eigenvalue weighted by Crippen LogP contribution is 1.83. The second-order valence-electron chi connectivity index (χ2n) is 1.42. The van der Waals surface area contributed by atoms with Crippen LogP contribution in [0.25, 0.3) is 0 Å². The van der Waals surface area contributed by atoms with Crippen LogP contribution in [0.3, 0.4) is 0 Å². The van der Waals surface area contributed by atoms with Crippen LogP contribution in [0, 0.1) is 0 Å². The molecule has 0 aliphatic carbocycles. The van der Waals surface area contributed by atoms with Gasteiger partial charge in [-0.2, -0.15) is 25.3 Å². The third-order valence-electron chi connectivity index (χ3n) is 0.711. The third kappa shape index (κ3) is 6.25. The van der Waals surface area contributed by atoms with E-state index < -0.39 is 0 Å². The molecule has 0 aromatic carbocycles. The maximum atomic E-state index is 10.4. The number of carbonyl (C=O) groups excluding carboxylic acids is 1. The molecule has 0 aliphatic rings. The van der Waals surface area contributed by atoms with Crippen LogP contribution in [0.15, 0.2) is 0 Å². The van der Waals surface area contributed by atoms with E-state index in [9.17, 15) is 4.79 Å². The standard InChI is InChI=1S/C5H10O3S2/c6-5(3-9)8-2-1-7-4-10/h9-10H,1-4H2. The molecule has 0 amide bonds. The first-order valence-corrected chi connectivity index (χ1v) is 4.03. The molecule has 0 unspecified atom stereocenters.